The van der Waals surface area contributed by atoms with Crippen LogP contribution in [0.25, 0.3) is 11.3 Å². The van der Waals surface area contributed by atoms with Crippen molar-refractivity contribution in [2.45, 2.75) is 13.8 Å². The van der Waals surface area contributed by atoms with Gasteiger partial charge in [-0.3, -0.25) is 0 Å². The van der Waals surface area contributed by atoms with Gasteiger partial charge in [-0.25, -0.2) is 4.98 Å². The summed E-state index contributed by atoms with van der Waals surface area (Å²) < 4.78 is 0. The number of aromatic nitrogens is 1. The monoisotopic (exact) mass is 360 g/mol. The van der Waals surface area contributed by atoms with E-state index in [-0.39, 0.29) is 17.0 Å². The van der Waals surface area contributed by atoms with E-state index in [1.54, 1.807) is 11.3 Å². The minimum atomic E-state index is 0. The van der Waals surface area contributed by atoms with Crippen molar-refractivity contribution in [1.82, 2.24) is 4.98 Å². The number of aryl methyl sites for hydroxylation is 2. The molecule has 2 aromatic carbocycles. The van der Waals surface area contributed by atoms with Crippen LogP contribution >= 0.6 is 28.3 Å². The van der Waals surface area contributed by atoms with Crippen LogP contribution in [0.4, 0.5) is 10.8 Å². The minimum Gasteiger partial charge on any atom is -0.332 e. The molecule has 3 aromatic rings. The fraction of sp³-hybridized carbons (Fsp3) is 0.118. The fourth-order valence-electron chi connectivity index (χ4n) is 2.02. The summed E-state index contributed by atoms with van der Waals surface area (Å²) in [6, 6.07) is 16.6. The molecule has 0 aliphatic carbocycles. The van der Waals surface area contributed by atoms with Gasteiger partial charge >= 0.3 is 0 Å². The number of anilines is 2. The second kappa shape index (κ2) is 6.87. The zero-order chi connectivity index (χ0) is 13.9. The van der Waals surface area contributed by atoms with Gasteiger partial charge in [-0.05, 0) is 37.1 Å². The number of hydrogen-bond acceptors (Lipinski definition) is 3. The van der Waals surface area contributed by atoms with Gasteiger partial charge in [-0.2, -0.15) is 0 Å². The summed E-state index contributed by atoms with van der Waals surface area (Å²) in [7, 11) is 0. The molecule has 0 fully saturated rings. The van der Waals surface area contributed by atoms with Crippen LogP contribution in [0.1, 0.15) is 11.1 Å². The zero-order valence-corrected chi connectivity index (χ0v) is 14.5. The van der Waals surface area contributed by atoms with Crippen molar-refractivity contribution in [1.29, 1.82) is 0 Å². The van der Waals surface area contributed by atoms with Crippen LogP contribution in [0.2, 0.25) is 0 Å². The second-order valence-corrected chi connectivity index (χ2v) is 5.69. The van der Waals surface area contributed by atoms with E-state index in [2.05, 4.69) is 59.9 Å². The van der Waals surface area contributed by atoms with Crippen molar-refractivity contribution in [3.63, 3.8) is 0 Å². The van der Waals surface area contributed by atoms with E-state index in [1.807, 2.05) is 18.2 Å². The van der Waals surface area contributed by atoms with Crippen LogP contribution in [0.15, 0.2) is 53.9 Å². The molecule has 0 bridgehead atoms. The third kappa shape index (κ3) is 3.71. The molecule has 1 aromatic heterocycles. The Hall–Kier alpha value is -1.65. The highest BCUT2D eigenvalue weighted by Crippen LogP contribution is 2.27. The van der Waals surface area contributed by atoms with Crippen LogP contribution in [0.3, 0.4) is 0 Å². The maximum Gasteiger partial charge on any atom is 0.187 e. The molecule has 3 rings (SSSR count). The van der Waals surface area contributed by atoms with E-state index in [4.69, 9.17) is 0 Å². The molecule has 0 amide bonds. The molecule has 4 heteroatoms. The normalized spacial score (nSPS) is 10.0. The van der Waals surface area contributed by atoms with Crippen molar-refractivity contribution in [2.75, 3.05) is 5.32 Å². The Kier molecular flexibility index (Phi) is 5.15. The predicted octanol–water partition coefficient (Wildman–Crippen LogP) is 5.75. The first-order chi connectivity index (χ1) is 9.72. The Morgan fingerprint density at radius 2 is 1.71 bits per heavy atom. The molecule has 0 unspecified atom stereocenters. The molecule has 2 nitrogen and oxygen atoms in total. The molecule has 1 heterocycles. The summed E-state index contributed by atoms with van der Waals surface area (Å²) in [4.78, 5) is 4.64. The van der Waals surface area contributed by atoms with Gasteiger partial charge < -0.3 is 5.32 Å². The summed E-state index contributed by atoms with van der Waals surface area (Å²) in [5, 5.41) is 6.37. The lowest BCUT2D eigenvalue weighted by Gasteiger charge is -2.05. The molecular weight excluding hydrogens is 344 g/mol. The third-order valence-electron chi connectivity index (χ3n) is 3.33. The minimum absolute atomic E-state index is 0. The molecule has 0 saturated heterocycles. The van der Waals surface area contributed by atoms with Crippen LogP contribution in [0, 0.1) is 13.8 Å². The molecule has 0 aliphatic rings. The Bertz CT molecular complexity index is 723. The maximum absolute atomic E-state index is 4.64. The highest BCUT2D eigenvalue weighted by Gasteiger charge is 2.04. The summed E-state index contributed by atoms with van der Waals surface area (Å²) in [6.07, 6.45) is 0. The number of thiazole rings is 1. The summed E-state index contributed by atoms with van der Waals surface area (Å²) in [5.74, 6) is 0. The zero-order valence-electron chi connectivity index (χ0n) is 12.0. The van der Waals surface area contributed by atoms with Crippen molar-refractivity contribution < 1.29 is 0 Å². The lowest BCUT2D eigenvalue weighted by molar-refractivity contribution is 1.33. The highest BCUT2D eigenvalue weighted by atomic mass is 79.9. The number of halogens is 1. The Balaban J connectivity index is 0.00000161. The maximum atomic E-state index is 4.64. The van der Waals surface area contributed by atoms with Crippen LogP contribution in [-0.2, 0) is 0 Å². The highest BCUT2D eigenvalue weighted by molar-refractivity contribution is 8.93. The molecule has 21 heavy (non-hydrogen) atoms. The third-order valence-corrected chi connectivity index (χ3v) is 4.09. The summed E-state index contributed by atoms with van der Waals surface area (Å²) >= 11 is 1.63. The lowest BCUT2D eigenvalue weighted by atomic mass is 10.1. The van der Waals surface area contributed by atoms with Crippen LogP contribution < -0.4 is 5.32 Å². The second-order valence-electron chi connectivity index (χ2n) is 4.83. The topological polar surface area (TPSA) is 24.9 Å². The van der Waals surface area contributed by atoms with Crippen molar-refractivity contribution in [3.05, 3.63) is 65.0 Å². The van der Waals surface area contributed by atoms with E-state index in [9.17, 15) is 0 Å². The van der Waals surface area contributed by atoms with Gasteiger partial charge in [0.2, 0.25) is 0 Å². The van der Waals surface area contributed by atoms with Crippen molar-refractivity contribution in [3.8, 4) is 11.3 Å². The van der Waals surface area contributed by atoms with E-state index < -0.39 is 0 Å². The number of hydrogen-bond donors (Lipinski definition) is 1. The van der Waals surface area contributed by atoms with Gasteiger partial charge in [0.15, 0.2) is 5.13 Å². The lowest BCUT2D eigenvalue weighted by Crippen LogP contribution is -1.91. The SMILES string of the molecule is Br.Cc1ccc(Nc2nc(-c3ccccc3)cs2)cc1C. The summed E-state index contributed by atoms with van der Waals surface area (Å²) in [6.45, 7) is 4.24. The van der Waals surface area contributed by atoms with Gasteiger partial charge in [0.05, 0.1) is 5.69 Å². The van der Waals surface area contributed by atoms with E-state index in [0.717, 1.165) is 22.1 Å². The number of benzene rings is 2. The van der Waals surface area contributed by atoms with Gasteiger partial charge in [-0.1, -0.05) is 36.4 Å². The molecule has 0 spiro atoms. The number of nitrogens with one attached hydrogen (secondary N) is 1. The quantitative estimate of drug-likeness (QED) is 0.643. The Labute approximate surface area is 139 Å². The van der Waals surface area contributed by atoms with E-state index >= 15 is 0 Å². The molecule has 0 aliphatic heterocycles. The molecule has 1 N–H and O–H groups in total. The average Bonchev–Trinajstić information content (AvgIpc) is 2.92. The molecule has 0 saturated carbocycles. The van der Waals surface area contributed by atoms with Gasteiger partial charge in [0.25, 0.3) is 0 Å². The molecule has 0 atom stereocenters. The van der Waals surface area contributed by atoms with Gasteiger partial charge in [0.1, 0.15) is 0 Å². The van der Waals surface area contributed by atoms with Gasteiger partial charge in [-0.15, -0.1) is 28.3 Å². The first kappa shape index (κ1) is 15.7. The van der Waals surface area contributed by atoms with E-state index in [1.165, 1.54) is 11.1 Å². The first-order valence-corrected chi connectivity index (χ1v) is 7.45. The number of rotatable bonds is 3. The van der Waals surface area contributed by atoms with Gasteiger partial charge in [0, 0.05) is 16.6 Å². The van der Waals surface area contributed by atoms with Crippen molar-refractivity contribution >= 4 is 39.1 Å². The molecular formula is C17H17BrN2S. The van der Waals surface area contributed by atoms with E-state index in [0.29, 0.717) is 0 Å². The average molecular weight is 361 g/mol. The first-order valence-electron chi connectivity index (χ1n) is 6.57. The van der Waals surface area contributed by atoms with Crippen LogP contribution in [-0.4, -0.2) is 4.98 Å². The van der Waals surface area contributed by atoms with Crippen LogP contribution in [0.5, 0.6) is 0 Å². The van der Waals surface area contributed by atoms with Crippen molar-refractivity contribution in [2.24, 2.45) is 0 Å². The Morgan fingerprint density at radius 1 is 0.952 bits per heavy atom. The fourth-order valence-corrected chi connectivity index (χ4v) is 2.76. The number of nitrogens with zero attached hydrogens (tertiary/aromatic N) is 1. The Morgan fingerprint density at radius 3 is 2.43 bits per heavy atom. The predicted molar refractivity (Wildman–Crippen MR) is 97.1 cm³/mol. The largest absolute Gasteiger partial charge is 0.332 e. The molecule has 0 radical (unpaired) electrons. The molecule has 108 valence electrons. The standard InChI is InChI=1S/C17H16N2S.BrH/c1-12-8-9-15(10-13(12)2)18-17-19-16(11-20-17)14-6-4-3-5-7-14;/h3-11H,1-2H3,(H,18,19);1H. The smallest absolute Gasteiger partial charge is 0.187 e. The summed E-state index contributed by atoms with van der Waals surface area (Å²) in [5.41, 5.74) is 5.84.